The molecule has 1 N–H and O–H groups in total. The van der Waals surface area contributed by atoms with E-state index in [1.807, 2.05) is 30.3 Å². The van der Waals surface area contributed by atoms with Crippen molar-refractivity contribution >= 4 is 58.0 Å². The Balaban J connectivity index is 1.80. The Morgan fingerprint density at radius 3 is 2.54 bits per heavy atom. The molecule has 0 saturated carbocycles. The molecule has 120 valence electrons. The highest BCUT2D eigenvalue weighted by atomic mass is 35.5. The molecule has 2 aromatic carbocycles. The van der Waals surface area contributed by atoms with Crippen LogP contribution in [-0.2, 0) is 4.79 Å². The van der Waals surface area contributed by atoms with Crippen molar-refractivity contribution in [1.82, 2.24) is 5.32 Å². The SMILES string of the molecule is O=C1NC(=NC(=O)c2ccc(Cl)c(Cl)c2)S/C1=C\c1ccccc1. The second-order valence-electron chi connectivity index (χ2n) is 4.83. The smallest absolute Gasteiger partial charge is 0.279 e. The maximum Gasteiger partial charge on any atom is 0.279 e. The number of amides is 2. The van der Waals surface area contributed by atoms with Gasteiger partial charge in [-0.1, -0.05) is 53.5 Å². The minimum Gasteiger partial charge on any atom is -0.300 e. The molecule has 1 heterocycles. The Labute approximate surface area is 152 Å². The third-order valence-electron chi connectivity index (χ3n) is 3.12. The number of thioether (sulfide) groups is 1. The van der Waals surface area contributed by atoms with Crippen LogP contribution in [0, 0.1) is 0 Å². The maximum absolute atomic E-state index is 12.2. The average Bonchev–Trinajstić information content (AvgIpc) is 2.90. The number of halogens is 2. The number of hydrogen-bond acceptors (Lipinski definition) is 3. The van der Waals surface area contributed by atoms with Gasteiger partial charge in [-0.05, 0) is 41.6 Å². The predicted molar refractivity (Wildman–Crippen MR) is 98.4 cm³/mol. The zero-order valence-electron chi connectivity index (χ0n) is 12.1. The highest BCUT2D eigenvalue weighted by molar-refractivity contribution is 8.18. The van der Waals surface area contributed by atoms with Gasteiger partial charge in [0.05, 0.1) is 15.0 Å². The minimum atomic E-state index is -0.502. The molecule has 24 heavy (non-hydrogen) atoms. The van der Waals surface area contributed by atoms with E-state index in [0.29, 0.717) is 15.5 Å². The van der Waals surface area contributed by atoms with Gasteiger partial charge in [0, 0.05) is 5.56 Å². The van der Waals surface area contributed by atoms with E-state index in [1.165, 1.54) is 18.2 Å². The van der Waals surface area contributed by atoms with E-state index >= 15 is 0 Å². The minimum absolute atomic E-state index is 0.234. The van der Waals surface area contributed by atoms with Crippen LogP contribution in [0.2, 0.25) is 10.0 Å². The molecule has 0 aromatic heterocycles. The van der Waals surface area contributed by atoms with Gasteiger partial charge in [0.15, 0.2) is 5.17 Å². The van der Waals surface area contributed by atoms with Gasteiger partial charge < -0.3 is 5.32 Å². The standard InChI is InChI=1S/C17H10Cl2N2O2S/c18-12-7-6-11(9-13(12)19)15(22)20-17-21-16(23)14(24-17)8-10-4-2-1-3-5-10/h1-9H,(H,20,21,22,23)/b14-8-. The van der Waals surface area contributed by atoms with Crippen LogP contribution in [-0.4, -0.2) is 17.0 Å². The van der Waals surface area contributed by atoms with Crippen molar-refractivity contribution in [3.8, 4) is 0 Å². The van der Waals surface area contributed by atoms with Gasteiger partial charge in [-0.15, -0.1) is 0 Å². The third-order valence-corrected chi connectivity index (χ3v) is 4.77. The fourth-order valence-corrected chi connectivity index (χ4v) is 3.08. The molecule has 1 aliphatic rings. The number of nitrogens with zero attached hydrogens (tertiary/aromatic N) is 1. The molecule has 1 aliphatic heterocycles. The molecular formula is C17H10Cl2N2O2S. The van der Waals surface area contributed by atoms with Crippen LogP contribution in [0.25, 0.3) is 6.08 Å². The highest BCUT2D eigenvalue weighted by Gasteiger charge is 2.24. The van der Waals surface area contributed by atoms with Crippen LogP contribution < -0.4 is 5.32 Å². The summed E-state index contributed by atoms with van der Waals surface area (Å²) in [5, 5.41) is 3.44. The summed E-state index contributed by atoms with van der Waals surface area (Å²) < 4.78 is 0. The molecule has 0 atom stereocenters. The van der Waals surface area contributed by atoms with Crippen molar-refractivity contribution in [2.75, 3.05) is 0 Å². The highest BCUT2D eigenvalue weighted by Crippen LogP contribution is 2.27. The third kappa shape index (κ3) is 3.87. The van der Waals surface area contributed by atoms with Crippen molar-refractivity contribution in [3.63, 3.8) is 0 Å². The van der Waals surface area contributed by atoms with E-state index < -0.39 is 5.91 Å². The molecule has 3 rings (SSSR count). The summed E-state index contributed by atoms with van der Waals surface area (Å²) in [5.41, 5.74) is 1.19. The quantitative estimate of drug-likeness (QED) is 0.790. The molecule has 0 radical (unpaired) electrons. The summed E-state index contributed by atoms with van der Waals surface area (Å²) in [5.74, 6) is -0.790. The number of aliphatic imine (C=N–C) groups is 1. The number of carbonyl (C=O) groups is 2. The largest absolute Gasteiger partial charge is 0.300 e. The summed E-state index contributed by atoms with van der Waals surface area (Å²) in [6.07, 6.45) is 1.74. The van der Waals surface area contributed by atoms with E-state index in [9.17, 15) is 9.59 Å². The van der Waals surface area contributed by atoms with Gasteiger partial charge in [-0.25, -0.2) is 0 Å². The Morgan fingerprint density at radius 2 is 1.83 bits per heavy atom. The monoisotopic (exact) mass is 376 g/mol. The lowest BCUT2D eigenvalue weighted by atomic mass is 10.2. The number of benzene rings is 2. The summed E-state index contributed by atoms with van der Waals surface area (Å²) >= 11 is 12.8. The van der Waals surface area contributed by atoms with Crippen LogP contribution in [0.5, 0.6) is 0 Å². The van der Waals surface area contributed by atoms with Gasteiger partial charge in [-0.3, -0.25) is 9.59 Å². The van der Waals surface area contributed by atoms with E-state index in [1.54, 1.807) is 6.08 Å². The summed E-state index contributed by atoms with van der Waals surface area (Å²) in [7, 11) is 0. The first-order valence-electron chi connectivity index (χ1n) is 6.87. The average molecular weight is 377 g/mol. The van der Waals surface area contributed by atoms with Crippen molar-refractivity contribution in [2.24, 2.45) is 4.99 Å². The van der Waals surface area contributed by atoms with Crippen molar-refractivity contribution < 1.29 is 9.59 Å². The van der Waals surface area contributed by atoms with Gasteiger partial charge in [0.1, 0.15) is 0 Å². The number of hydrogen-bond donors (Lipinski definition) is 1. The topological polar surface area (TPSA) is 58.5 Å². The predicted octanol–water partition coefficient (Wildman–Crippen LogP) is 4.39. The molecule has 0 unspecified atom stereocenters. The lowest BCUT2D eigenvalue weighted by molar-refractivity contribution is -0.115. The second kappa shape index (κ2) is 7.21. The molecule has 1 saturated heterocycles. The van der Waals surface area contributed by atoms with Gasteiger partial charge in [-0.2, -0.15) is 4.99 Å². The molecular weight excluding hydrogens is 367 g/mol. The maximum atomic E-state index is 12.2. The van der Waals surface area contributed by atoms with Crippen molar-refractivity contribution in [2.45, 2.75) is 0 Å². The number of rotatable bonds is 2. The lowest BCUT2D eigenvalue weighted by Gasteiger charge is -1.99. The molecule has 7 heteroatoms. The molecule has 2 aromatic rings. The Hall–Kier alpha value is -2.08. The van der Waals surface area contributed by atoms with E-state index in [2.05, 4.69) is 10.3 Å². The van der Waals surface area contributed by atoms with Crippen LogP contribution in [0.15, 0.2) is 58.4 Å². The fourth-order valence-electron chi connectivity index (χ4n) is 1.97. The first-order valence-corrected chi connectivity index (χ1v) is 8.44. The first-order chi connectivity index (χ1) is 11.5. The first kappa shape index (κ1) is 16.8. The fraction of sp³-hybridized carbons (Fsp3) is 0. The summed E-state index contributed by atoms with van der Waals surface area (Å²) in [4.78, 5) is 28.5. The summed E-state index contributed by atoms with van der Waals surface area (Å²) in [6, 6.07) is 13.9. The lowest BCUT2D eigenvalue weighted by Crippen LogP contribution is -2.20. The zero-order chi connectivity index (χ0) is 17.1. The van der Waals surface area contributed by atoms with Gasteiger partial charge in [0.25, 0.3) is 11.8 Å². The van der Waals surface area contributed by atoms with Gasteiger partial charge in [0.2, 0.25) is 0 Å². The van der Waals surface area contributed by atoms with Gasteiger partial charge >= 0.3 is 0 Å². The molecule has 0 bridgehead atoms. The number of nitrogens with one attached hydrogen (secondary N) is 1. The Kier molecular flexibility index (Phi) is 5.04. The second-order valence-corrected chi connectivity index (χ2v) is 6.67. The van der Waals surface area contributed by atoms with Crippen molar-refractivity contribution in [1.29, 1.82) is 0 Å². The molecule has 2 amide bonds. The normalized spacial score (nSPS) is 17.3. The Morgan fingerprint density at radius 1 is 1.08 bits per heavy atom. The zero-order valence-corrected chi connectivity index (χ0v) is 14.5. The number of carbonyl (C=O) groups excluding carboxylic acids is 2. The Bertz CT molecular complexity index is 879. The molecule has 0 spiro atoms. The molecule has 4 nitrogen and oxygen atoms in total. The molecule has 1 fully saturated rings. The van der Waals surface area contributed by atoms with E-state index in [0.717, 1.165) is 17.3 Å². The van der Waals surface area contributed by atoms with E-state index in [4.69, 9.17) is 23.2 Å². The van der Waals surface area contributed by atoms with Crippen LogP contribution in [0.4, 0.5) is 0 Å². The number of amidine groups is 1. The van der Waals surface area contributed by atoms with Crippen LogP contribution in [0.1, 0.15) is 15.9 Å². The molecule has 0 aliphatic carbocycles. The van der Waals surface area contributed by atoms with Crippen molar-refractivity contribution in [3.05, 3.63) is 74.6 Å². The van der Waals surface area contributed by atoms with Crippen LogP contribution in [0.3, 0.4) is 0 Å². The van der Waals surface area contributed by atoms with E-state index in [-0.39, 0.29) is 16.1 Å². The summed E-state index contributed by atoms with van der Waals surface area (Å²) in [6.45, 7) is 0. The van der Waals surface area contributed by atoms with Crippen LogP contribution >= 0.6 is 35.0 Å².